The fourth-order valence-corrected chi connectivity index (χ4v) is 2.41. The molecule has 1 aliphatic carbocycles. The molecule has 1 rings (SSSR count). The molecule has 0 aromatic carbocycles. The summed E-state index contributed by atoms with van der Waals surface area (Å²) in [6.45, 7) is 24.6. The van der Waals surface area contributed by atoms with Gasteiger partial charge in [0.25, 0.3) is 0 Å². The summed E-state index contributed by atoms with van der Waals surface area (Å²) in [4.78, 5) is 7.75. The van der Waals surface area contributed by atoms with E-state index in [2.05, 4.69) is 66.0 Å². The van der Waals surface area contributed by atoms with Crippen LogP contribution in [0.25, 0.3) is 10.9 Å². The first-order chi connectivity index (χ1) is 12.2. The summed E-state index contributed by atoms with van der Waals surface area (Å²) in [7, 11) is 3.21. The van der Waals surface area contributed by atoms with Crippen LogP contribution in [-0.2, 0) is 24.3 Å². The van der Waals surface area contributed by atoms with Crippen molar-refractivity contribution in [3.05, 3.63) is 18.3 Å². The van der Waals surface area contributed by atoms with Gasteiger partial charge in [0.05, 0.1) is 0 Å². The molecule has 1 aliphatic rings. The second-order valence-corrected chi connectivity index (χ2v) is 9.03. The van der Waals surface area contributed by atoms with E-state index in [0.717, 1.165) is 23.7 Å². The first kappa shape index (κ1) is 43.5. The molecule has 175 valence electrons. The predicted molar refractivity (Wildman–Crippen MR) is 122 cm³/mol. The van der Waals surface area contributed by atoms with Gasteiger partial charge in [-0.15, -0.1) is 0 Å². The first-order valence-corrected chi connectivity index (χ1v) is 9.50. The molecule has 4 atom stereocenters. The number of hydrogen-bond acceptors (Lipinski definition) is 5. The van der Waals surface area contributed by atoms with E-state index >= 15 is 0 Å². The average Bonchev–Trinajstić information content (AvgIpc) is 2.79. The van der Waals surface area contributed by atoms with Crippen molar-refractivity contribution in [1.82, 2.24) is 0 Å². The van der Waals surface area contributed by atoms with E-state index in [4.69, 9.17) is 4.79 Å². The Morgan fingerprint density at radius 2 is 0.967 bits per heavy atom. The summed E-state index contributed by atoms with van der Waals surface area (Å²) in [5, 5.41) is 14.7. The number of nitrogens with zero attached hydrogens (tertiary/aromatic N) is 6. The second-order valence-electron chi connectivity index (χ2n) is 9.03. The molecule has 7 nitrogen and oxygen atoms in total. The van der Waals surface area contributed by atoms with E-state index in [1.54, 1.807) is 14.1 Å². The molecule has 0 aromatic rings. The van der Waals surface area contributed by atoms with E-state index in [1.807, 2.05) is 41.5 Å². The topological polar surface area (TPSA) is 94.7 Å². The second kappa shape index (κ2) is 23.4. The molecule has 4 unspecified atom stereocenters. The van der Waals surface area contributed by atoms with Crippen molar-refractivity contribution in [2.24, 2.45) is 44.3 Å². The van der Waals surface area contributed by atoms with E-state index in [9.17, 15) is 0 Å². The van der Waals surface area contributed by atoms with Crippen molar-refractivity contribution >= 4 is 6.79 Å². The molecule has 0 bridgehead atoms. The number of rotatable bonds is 2. The van der Waals surface area contributed by atoms with Crippen LogP contribution < -0.4 is 18.9 Å². The third-order valence-electron chi connectivity index (χ3n) is 4.24. The smallest absolute Gasteiger partial charge is 0.545 e. The standard InChI is InChI=1S/C9H18.2C5H12N3.CHO.CH3.Li.Ru/c1-6-5-7(2)9(4)8(6)3;2*1-5(2,3)7-8-6-4;1-2;;;/h6-9H,5H2,1-4H3;2*1-4H3;1H;1H3;;/q;4*-1;+1;+3. The van der Waals surface area contributed by atoms with E-state index < -0.39 is 0 Å². The molecule has 0 amide bonds. The summed E-state index contributed by atoms with van der Waals surface area (Å²) in [5.41, 5.74) is 6.79. The van der Waals surface area contributed by atoms with Crippen LogP contribution in [0.15, 0.2) is 20.7 Å². The third kappa shape index (κ3) is 29.9. The molecule has 0 spiro atoms. The van der Waals surface area contributed by atoms with Gasteiger partial charge in [-0.2, -0.15) is 0 Å². The van der Waals surface area contributed by atoms with Crippen LogP contribution in [0.5, 0.6) is 0 Å². The molecule has 1 radical (unpaired) electrons. The molecule has 9 heteroatoms. The van der Waals surface area contributed by atoms with E-state index in [0.29, 0.717) is 0 Å². The number of carbonyl (C=O) groups excluding carboxylic acids is 1. The summed E-state index contributed by atoms with van der Waals surface area (Å²) in [5.74, 6) is 3.85. The Kier molecular flexibility index (Phi) is 33.9. The van der Waals surface area contributed by atoms with Crippen LogP contribution in [0.3, 0.4) is 0 Å². The van der Waals surface area contributed by atoms with Gasteiger partial charge in [0, 0.05) is 0 Å². The monoisotopic (exact) mass is 507 g/mol. The van der Waals surface area contributed by atoms with Gasteiger partial charge >= 0.3 is 38.3 Å². The molecule has 0 aliphatic heterocycles. The molecule has 1 fully saturated rings. The maximum Gasteiger partial charge on any atom is 3.00 e. The molecule has 0 aromatic heterocycles. The zero-order chi connectivity index (χ0) is 22.3. The molecule has 0 saturated heterocycles. The van der Waals surface area contributed by atoms with Crippen molar-refractivity contribution in [1.29, 1.82) is 0 Å². The SMILES string of the molecule is CC1CC(C)C(C)C1C.C[N-]N=NC(C)(C)C.C[N-]N=NC(C)(C)C.[CH-]=O.[CH3-].[Li+].[Ru+3]. The van der Waals surface area contributed by atoms with Gasteiger partial charge < -0.3 is 33.3 Å². The summed E-state index contributed by atoms with van der Waals surface area (Å²) < 4.78 is 0. The van der Waals surface area contributed by atoms with Gasteiger partial charge in [-0.3, -0.25) is 17.2 Å². The van der Waals surface area contributed by atoms with Crippen molar-refractivity contribution in [2.45, 2.75) is 86.7 Å². The summed E-state index contributed by atoms with van der Waals surface area (Å²) >= 11 is 0. The van der Waals surface area contributed by atoms with Crippen molar-refractivity contribution in [2.75, 3.05) is 14.1 Å². The zero-order valence-corrected chi connectivity index (χ0v) is 23.8. The van der Waals surface area contributed by atoms with Crippen LogP contribution in [0.2, 0.25) is 0 Å². The molecule has 30 heavy (non-hydrogen) atoms. The maximum absolute atomic E-state index is 7.75. The van der Waals surface area contributed by atoms with Crippen LogP contribution in [0.4, 0.5) is 0 Å². The van der Waals surface area contributed by atoms with Crippen LogP contribution in [0.1, 0.15) is 75.7 Å². The van der Waals surface area contributed by atoms with Crippen LogP contribution >= 0.6 is 0 Å². The largest absolute Gasteiger partial charge is 3.00 e. The third-order valence-corrected chi connectivity index (χ3v) is 4.24. The van der Waals surface area contributed by atoms with Gasteiger partial charge in [-0.1, -0.05) is 69.2 Å². The minimum Gasteiger partial charge on any atom is -0.545 e. The molecule has 0 N–H and O–H groups in total. The molecule has 1 saturated carbocycles. The van der Waals surface area contributed by atoms with Gasteiger partial charge in [0.2, 0.25) is 0 Å². The average molecular weight is 507 g/mol. The van der Waals surface area contributed by atoms with Crippen molar-refractivity contribution in [3.63, 3.8) is 0 Å². The Morgan fingerprint density at radius 1 is 0.733 bits per heavy atom. The maximum atomic E-state index is 7.75. The number of hydrogen-bond donors (Lipinski definition) is 0. The molecular formula is C21H46LiN6ORu. The predicted octanol–water partition coefficient (Wildman–Crippen LogP) is 4.42. The minimum absolute atomic E-state index is 0. The summed E-state index contributed by atoms with van der Waals surface area (Å²) in [6.07, 6.45) is 1.45. The zero-order valence-electron chi connectivity index (χ0n) is 22.0. The Balaban J connectivity index is -0.0000000660. The minimum atomic E-state index is -0.0838. The van der Waals surface area contributed by atoms with E-state index in [-0.39, 0.29) is 56.8 Å². The van der Waals surface area contributed by atoms with Crippen molar-refractivity contribution in [3.8, 4) is 0 Å². The Bertz CT molecular complexity index is 375. The van der Waals surface area contributed by atoms with Crippen LogP contribution in [0, 0.1) is 31.1 Å². The quantitative estimate of drug-likeness (QED) is 0.179. The van der Waals surface area contributed by atoms with Gasteiger partial charge in [0.1, 0.15) is 0 Å². The Morgan fingerprint density at radius 3 is 1.03 bits per heavy atom. The normalized spacial score (nSPS) is 22.4. The van der Waals surface area contributed by atoms with Gasteiger partial charge in [0.15, 0.2) is 0 Å². The van der Waals surface area contributed by atoms with Crippen LogP contribution in [-0.4, -0.2) is 32.0 Å². The molecular weight excluding hydrogens is 460 g/mol. The fourth-order valence-electron chi connectivity index (χ4n) is 2.41. The van der Waals surface area contributed by atoms with Gasteiger partial charge in [-0.25, -0.2) is 0 Å². The first-order valence-electron chi connectivity index (χ1n) is 9.50. The molecule has 0 heterocycles. The van der Waals surface area contributed by atoms with Gasteiger partial charge in [-0.05, 0) is 55.3 Å². The summed E-state index contributed by atoms with van der Waals surface area (Å²) in [6, 6.07) is 0. The Labute approximate surface area is 212 Å². The van der Waals surface area contributed by atoms with E-state index in [1.165, 1.54) is 6.42 Å². The Hall–Kier alpha value is -0.309. The fraction of sp³-hybridized carbons (Fsp3) is 0.905. The van der Waals surface area contributed by atoms with Crippen molar-refractivity contribution < 1.29 is 43.1 Å².